The van der Waals surface area contributed by atoms with Gasteiger partial charge in [-0.1, -0.05) is 37.1 Å². The first kappa shape index (κ1) is 22.2. The standard InChI is InChI=1S/C26H26FN5O2/c27-20-11-9-19(10-12-20)24-29-15-22-23(30-24)25(33)31(26(34)32(22)21-3-1-2-4-21)16-18-7-5-17(6-8-18)13-14-28/h5-12,15,21H,1-4,13-14,16,28H2. The molecule has 34 heavy (non-hydrogen) atoms. The average Bonchev–Trinajstić information content (AvgIpc) is 3.38. The second kappa shape index (κ2) is 9.30. The zero-order valence-electron chi connectivity index (χ0n) is 18.8. The summed E-state index contributed by atoms with van der Waals surface area (Å²) in [5, 5.41) is 0. The minimum Gasteiger partial charge on any atom is -0.330 e. The second-order valence-corrected chi connectivity index (χ2v) is 8.77. The highest BCUT2D eigenvalue weighted by molar-refractivity contribution is 5.75. The van der Waals surface area contributed by atoms with Gasteiger partial charge in [0, 0.05) is 11.6 Å². The van der Waals surface area contributed by atoms with Crippen molar-refractivity contribution in [3.05, 3.63) is 92.5 Å². The van der Waals surface area contributed by atoms with Gasteiger partial charge in [0.1, 0.15) is 5.82 Å². The van der Waals surface area contributed by atoms with Crippen molar-refractivity contribution in [3.63, 3.8) is 0 Å². The van der Waals surface area contributed by atoms with Gasteiger partial charge in [-0.25, -0.2) is 19.2 Å². The molecule has 5 rings (SSSR count). The second-order valence-electron chi connectivity index (χ2n) is 8.77. The SMILES string of the molecule is NCCc1ccc(Cn2c(=O)c3nc(-c4ccc(F)cc4)ncc3n(C3CCCC3)c2=O)cc1. The van der Waals surface area contributed by atoms with E-state index in [1.807, 2.05) is 24.3 Å². The van der Waals surface area contributed by atoms with E-state index in [0.717, 1.165) is 43.2 Å². The summed E-state index contributed by atoms with van der Waals surface area (Å²) < 4.78 is 16.3. The van der Waals surface area contributed by atoms with Crippen LogP contribution in [0.1, 0.15) is 42.9 Å². The first-order chi connectivity index (χ1) is 16.5. The molecule has 0 spiro atoms. The molecule has 1 saturated carbocycles. The number of nitrogens with zero attached hydrogens (tertiary/aromatic N) is 4. The van der Waals surface area contributed by atoms with Crippen LogP contribution >= 0.6 is 0 Å². The monoisotopic (exact) mass is 459 g/mol. The molecule has 1 aliphatic rings. The molecule has 0 unspecified atom stereocenters. The van der Waals surface area contributed by atoms with Crippen molar-refractivity contribution in [1.82, 2.24) is 19.1 Å². The van der Waals surface area contributed by atoms with Gasteiger partial charge < -0.3 is 5.73 Å². The summed E-state index contributed by atoms with van der Waals surface area (Å²) in [7, 11) is 0. The molecule has 2 heterocycles. The molecular weight excluding hydrogens is 433 g/mol. The van der Waals surface area contributed by atoms with Gasteiger partial charge in [-0.2, -0.15) is 0 Å². The molecule has 0 bridgehead atoms. The van der Waals surface area contributed by atoms with Gasteiger partial charge >= 0.3 is 5.69 Å². The first-order valence-electron chi connectivity index (χ1n) is 11.6. The molecule has 174 valence electrons. The summed E-state index contributed by atoms with van der Waals surface area (Å²) in [5.74, 6) is -0.0432. The molecule has 1 aliphatic carbocycles. The molecule has 2 N–H and O–H groups in total. The Bertz CT molecular complexity index is 1440. The Hall–Kier alpha value is -3.65. The van der Waals surface area contributed by atoms with E-state index in [-0.39, 0.29) is 29.6 Å². The molecule has 0 aliphatic heterocycles. The van der Waals surface area contributed by atoms with E-state index in [0.29, 0.717) is 23.4 Å². The summed E-state index contributed by atoms with van der Waals surface area (Å²) in [6.45, 7) is 0.713. The number of nitrogens with two attached hydrogens (primary N) is 1. The van der Waals surface area contributed by atoms with Crippen molar-refractivity contribution in [1.29, 1.82) is 0 Å². The summed E-state index contributed by atoms with van der Waals surface area (Å²) >= 11 is 0. The third-order valence-corrected chi connectivity index (χ3v) is 6.50. The minimum absolute atomic E-state index is 0.00838. The van der Waals surface area contributed by atoms with Gasteiger partial charge in [0.15, 0.2) is 11.3 Å². The van der Waals surface area contributed by atoms with Gasteiger partial charge in [-0.05, 0) is 61.2 Å². The van der Waals surface area contributed by atoms with Crippen molar-refractivity contribution in [2.45, 2.75) is 44.7 Å². The highest BCUT2D eigenvalue weighted by Crippen LogP contribution is 2.30. The molecular formula is C26H26FN5O2. The van der Waals surface area contributed by atoms with Gasteiger partial charge in [-0.3, -0.25) is 13.9 Å². The fraction of sp³-hybridized carbons (Fsp3) is 0.308. The Morgan fingerprint density at radius 3 is 2.32 bits per heavy atom. The van der Waals surface area contributed by atoms with Crippen LogP contribution in [0.4, 0.5) is 4.39 Å². The minimum atomic E-state index is -0.453. The van der Waals surface area contributed by atoms with E-state index in [1.165, 1.54) is 16.7 Å². The lowest BCUT2D eigenvalue weighted by Crippen LogP contribution is -2.41. The lowest BCUT2D eigenvalue weighted by molar-refractivity contribution is 0.484. The highest BCUT2D eigenvalue weighted by Gasteiger charge is 2.24. The van der Waals surface area contributed by atoms with Crippen LogP contribution in [-0.2, 0) is 13.0 Å². The van der Waals surface area contributed by atoms with Crippen LogP contribution in [-0.4, -0.2) is 25.6 Å². The van der Waals surface area contributed by atoms with Crippen LogP contribution in [0.2, 0.25) is 0 Å². The van der Waals surface area contributed by atoms with Gasteiger partial charge in [-0.15, -0.1) is 0 Å². The molecule has 0 radical (unpaired) electrons. The number of fused-ring (bicyclic) bond motifs is 1. The van der Waals surface area contributed by atoms with E-state index in [9.17, 15) is 14.0 Å². The molecule has 0 amide bonds. The lowest BCUT2D eigenvalue weighted by Gasteiger charge is -2.19. The van der Waals surface area contributed by atoms with E-state index >= 15 is 0 Å². The first-order valence-corrected chi connectivity index (χ1v) is 11.6. The summed E-state index contributed by atoms with van der Waals surface area (Å²) in [4.78, 5) is 36.0. The molecule has 0 atom stereocenters. The Morgan fingerprint density at radius 1 is 0.971 bits per heavy atom. The van der Waals surface area contributed by atoms with Crippen LogP contribution < -0.4 is 17.0 Å². The van der Waals surface area contributed by atoms with Gasteiger partial charge in [0.2, 0.25) is 0 Å². The zero-order chi connectivity index (χ0) is 23.7. The molecule has 1 fully saturated rings. The molecule has 2 aromatic heterocycles. The lowest BCUT2D eigenvalue weighted by atomic mass is 10.1. The number of hydrogen-bond acceptors (Lipinski definition) is 5. The Morgan fingerprint density at radius 2 is 1.65 bits per heavy atom. The van der Waals surface area contributed by atoms with Crippen molar-refractivity contribution >= 4 is 11.0 Å². The quantitative estimate of drug-likeness (QED) is 0.477. The number of benzene rings is 2. The maximum atomic E-state index is 13.6. The zero-order valence-corrected chi connectivity index (χ0v) is 18.8. The summed E-state index contributed by atoms with van der Waals surface area (Å²) in [6.07, 6.45) is 6.15. The van der Waals surface area contributed by atoms with Crippen molar-refractivity contribution in [2.24, 2.45) is 5.73 Å². The topological polar surface area (TPSA) is 95.8 Å². The molecule has 0 saturated heterocycles. The van der Waals surface area contributed by atoms with E-state index in [2.05, 4.69) is 9.97 Å². The Balaban J connectivity index is 1.66. The number of rotatable bonds is 6. The molecule has 8 heteroatoms. The maximum Gasteiger partial charge on any atom is 0.332 e. The fourth-order valence-electron chi connectivity index (χ4n) is 4.71. The van der Waals surface area contributed by atoms with Gasteiger partial charge in [0.25, 0.3) is 5.56 Å². The van der Waals surface area contributed by atoms with Crippen LogP contribution in [0.25, 0.3) is 22.4 Å². The van der Waals surface area contributed by atoms with Crippen molar-refractivity contribution in [3.8, 4) is 11.4 Å². The number of hydrogen-bond donors (Lipinski definition) is 1. The molecule has 4 aromatic rings. The fourth-order valence-corrected chi connectivity index (χ4v) is 4.71. The van der Waals surface area contributed by atoms with Crippen LogP contribution in [0, 0.1) is 5.82 Å². The number of halogens is 1. The Labute approximate surface area is 195 Å². The van der Waals surface area contributed by atoms with Crippen LogP contribution in [0.3, 0.4) is 0 Å². The third kappa shape index (κ3) is 4.17. The van der Waals surface area contributed by atoms with E-state index in [4.69, 9.17) is 5.73 Å². The molecule has 7 nitrogen and oxygen atoms in total. The van der Waals surface area contributed by atoms with E-state index in [1.54, 1.807) is 22.9 Å². The predicted molar refractivity (Wildman–Crippen MR) is 129 cm³/mol. The van der Waals surface area contributed by atoms with Crippen LogP contribution in [0.15, 0.2) is 64.3 Å². The van der Waals surface area contributed by atoms with Gasteiger partial charge in [0.05, 0.1) is 18.3 Å². The summed E-state index contributed by atoms with van der Waals surface area (Å²) in [5.41, 5.74) is 8.04. The van der Waals surface area contributed by atoms with E-state index < -0.39 is 5.56 Å². The number of aromatic nitrogens is 4. The Kier molecular flexibility index (Phi) is 6.06. The third-order valence-electron chi connectivity index (χ3n) is 6.50. The smallest absolute Gasteiger partial charge is 0.330 e. The largest absolute Gasteiger partial charge is 0.332 e. The normalized spacial score (nSPS) is 14.2. The average molecular weight is 460 g/mol. The van der Waals surface area contributed by atoms with Crippen molar-refractivity contribution < 1.29 is 4.39 Å². The van der Waals surface area contributed by atoms with Crippen LogP contribution in [0.5, 0.6) is 0 Å². The highest BCUT2D eigenvalue weighted by atomic mass is 19.1. The summed E-state index contributed by atoms with van der Waals surface area (Å²) in [6, 6.07) is 13.6. The van der Waals surface area contributed by atoms with Crippen molar-refractivity contribution in [2.75, 3.05) is 6.54 Å². The predicted octanol–water partition coefficient (Wildman–Crippen LogP) is 3.42. The molecule has 2 aromatic carbocycles. The maximum absolute atomic E-state index is 13.6.